The van der Waals surface area contributed by atoms with Gasteiger partial charge in [0.1, 0.15) is 31.1 Å². The number of amides is 2. The van der Waals surface area contributed by atoms with Crippen LogP contribution in [0.1, 0.15) is 54.9 Å². The van der Waals surface area contributed by atoms with Crippen LogP contribution in [0.5, 0.6) is 5.75 Å². The second-order valence-electron chi connectivity index (χ2n) is 13.6. The number of hydrogen-bond donors (Lipinski definition) is 2. The summed E-state index contributed by atoms with van der Waals surface area (Å²) in [6.45, 7) is 6.38. The van der Waals surface area contributed by atoms with E-state index >= 15 is 0 Å². The lowest BCUT2D eigenvalue weighted by Crippen LogP contribution is -2.56. The van der Waals surface area contributed by atoms with Crippen molar-refractivity contribution in [3.63, 3.8) is 0 Å². The number of unbranched alkanes of at least 4 members (excludes halogenated alkanes) is 1. The fraction of sp³-hybridized carbons (Fsp3) is 0.381. The number of alkyl carbamates (subject to hydrolysis) is 2. The lowest BCUT2D eigenvalue weighted by molar-refractivity contribution is -0.160. The summed E-state index contributed by atoms with van der Waals surface area (Å²) in [5.41, 5.74) is 3.31. The van der Waals surface area contributed by atoms with E-state index in [1.165, 1.54) is 0 Å². The van der Waals surface area contributed by atoms with Gasteiger partial charge < -0.3 is 29.6 Å². The summed E-state index contributed by atoms with van der Waals surface area (Å²) in [7, 11) is 1.62. The first-order valence-electron chi connectivity index (χ1n) is 18.3. The Balaban J connectivity index is 1.17. The average Bonchev–Trinajstić information content (AvgIpc) is 3.21. The van der Waals surface area contributed by atoms with Crippen molar-refractivity contribution in [3.05, 3.63) is 120 Å². The highest BCUT2D eigenvalue weighted by Crippen LogP contribution is 2.44. The predicted octanol–water partition coefficient (Wildman–Crippen LogP) is 7.12. The van der Waals surface area contributed by atoms with Crippen LogP contribution >= 0.6 is 0 Å². The van der Waals surface area contributed by atoms with Crippen molar-refractivity contribution in [1.29, 1.82) is 0 Å². The van der Waals surface area contributed by atoms with Crippen molar-refractivity contribution in [2.45, 2.75) is 63.5 Å². The minimum absolute atomic E-state index is 0.0554. The third kappa shape index (κ3) is 9.92. The molecule has 1 aromatic heterocycles. The van der Waals surface area contributed by atoms with E-state index in [-0.39, 0.29) is 25.7 Å². The van der Waals surface area contributed by atoms with Crippen LogP contribution in [0.3, 0.4) is 0 Å². The van der Waals surface area contributed by atoms with E-state index in [1.54, 1.807) is 13.3 Å². The number of methoxy groups -OCH3 is 1. The Labute approximate surface area is 310 Å². The molecule has 4 heterocycles. The highest BCUT2D eigenvalue weighted by molar-refractivity contribution is 5.85. The molecule has 6 atom stereocenters. The molecule has 3 aromatic carbocycles. The summed E-state index contributed by atoms with van der Waals surface area (Å²) in [6, 6.07) is 25.3. The molecule has 0 aliphatic carbocycles. The Hall–Kier alpha value is -5.42. The summed E-state index contributed by atoms with van der Waals surface area (Å²) in [5.74, 6) is 0.925. The number of benzene rings is 3. The highest BCUT2D eigenvalue weighted by atomic mass is 16.6. The Morgan fingerprint density at radius 2 is 1.66 bits per heavy atom. The van der Waals surface area contributed by atoms with Gasteiger partial charge in [0.15, 0.2) is 0 Å². The zero-order chi connectivity index (χ0) is 37.0. The van der Waals surface area contributed by atoms with Crippen LogP contribution in [0, 0.1) is 11.8 Å². The van der Waals surface area contributed by atoms with Gasteiger partial charge >= 0.3 is 18.2 Å². The quantitative estimate of drug-likeness (QED) is 0.0539. The topological polar surface area (TPSA) is 128 Å². The smallest absolute Gasteiger partial charge is 0.408 e. The maximum Gasteiger partial charge on any atom is 0.408 e. The first kappa shape index (κ1) is 37.3. The van der Waals surface area contributed by atoms with Gasteiger partial charge in [-0.15, -0.1) is 6.58 Å². The number of esters is 1. The van der Waals surface area contributed by atoms with E-state index in [0.29, 0.717) is 37.0 Å². The molecular weight excluding hydrogens is 672 g/mol. The fourth-order valence-electron chi connectivity index (χ4n) is 7.36. The Morgan fingerprint density at radius 3 is 2.32 bits per heavy atom. The number of pyridine rings is 1. The van der Waals surface area contributed by atoms with Gasteiger partial charge in [-0.3, -0.25) is 9.88 Å². The van der Waals surface area contributed by atoms with Crippen LogP contribution in [0.25, 0.3) is 10.9 Å². The molecule has 3 aliphatic heterocycles. The summed E-state index contributed by atoms with van der Waals surface area (Å²) in [6.07, 6.45) is 5.13. The lowest BCUT2D eigenvalue weighted by Gasteiger charge is -2.51. The summed E-state index contributed by atoms with van der Waals surface area (Å²) < 4.78 is 22.9. The normalized spacial score (nSPS) is 20.1. The zero-order valence-electron chi connectivity index (χ0n) is 30.2. The highest BCUT2D eigenvalue weighted by Gasteiger charge is 2.45. The lowest BCUT2D eigenvalue weighted by atomic mass is 9.73. The first-order valence-corrected chi connectivity index (χ1v) is 18.3. The van der Waals surface area contributed by atoms with E-state index in [0.717, 1.165) is 53.5 Å². The third-order valence-electron chi connectivity index (χ3n) is 10.2. The number of ether oxygens (including phenoxy) is 4. The minimum atomic E-state index is -0.995. The number of nitrogens with zero attached hydrogens (tertiary/aromatic N) is 2. The molecule has 3 saturated heterocycles. The van der Waals surface area contributed by atoms with E-state index in [4.69, 9.17) is 18.9 Å². The second kappa shape index (κ2) is 18.4. The van der Waals surface area contributed by atoms with Crippen LogP contribution in [-0.4, -0.2) is 66.9 Å². The number of fused-ring (bicyclic) bond motifs is 4. The summed E-state index contributed by atoms with van der Waals surface area (Å²) in [5, 5.41) is 6.38. The van der Waals surface area contributed by atoms with Crippen molar-refractivity contribution in [2.24, 2.45) is 11.8 Å². The number of hydrogen-bond acceptors (Lipinski definition) is 9. The molecule has 0 spiro atoms. The molecule has 1 unspecified atom stereocenters. The standard InChI is InChI=1S/C42H48N4O7/c1-3-31-26-46-23-20-32(31)24-38(46)39(34-19-22-43-36-18-17-33(50-2)25-35(34)36)53-40(47)37(45-42(49)52-28-30-14-8-5-9-15-30)16-10-11-21-44-41(48)51-27-29-12-6-4-7-13-29/h3-9,12-15,17-19,22,25,31-32,37-39H,1,10-11,16,20-21,23-24,26-28H2,2H3,(H,44,48)(H,45,49)/t31-,32-,37-,38-,39+/m0/s1. The molecule has 0 saturated carbocycles. The van der Waals surface area contributed by atoms with Gasteiger partial charge in [0.25, 0.3) is 0 Å². The fourth-order valence-corrected chi connectivity index (χ4v) is 7.36. The molecule has 11 heteroatoms. The van der Waals surface area contributed by atoms with Gasteiger partial charge in [-0.05, 0) is 85.9 Å². The number of aromatic nitrogens is 1. The Kier molecular flexibility index (Phi) is 12.9. The van der Waals surface area contributed by atoms with Crippen LogP contribution in [0.4, 0.5) is 9.59 Å². The van der Waals surface area contributed by atoms with Gasteiger partial charge in [0.05, 0.1) is 18.7 Å². The van der Waals surface area contributed by atoms with Crippen molar-refractivity contribution in [2.75, 3.05) is 26.7 Å². The number of rotatable bonds is 16. The SMILES string of the molecule is C=C[C@H]1CN2CC[C@H]1C[C@H]2[C@H](OC(=O)[C@H](CCCCNC(=O)OCc1ccccc1)NC(=O)OCc1ccccc1)c1ccnc2ccc(OC)cc12. The molecular formula is C42H48N4O7. The number of piperidine rings is 3. The molecule has 4 aromatic rings. The molecule has 278 valence electrons. The second-order valence-corrected chi connectivity index (χ2v) is 13.6. The van der Waals surface area contributed by atoms with E-state index in [9.17, 15) is 14.4 Å². The Morgan fingerprint density at radius 1 is 0.943 bits per heavy atom. The summed E-state index contributed by atoms with van der Waals surface area (Å²) >= 11 is 0. The maximum atomic E-state index is 14.3. The van der Waals surface area contributed by atoms with Crippen molar-refractivity contribution < 1.29 is 33.3 Å². The monoisotopic (exact) mass is 720 g/mol. The molecule has 3 fully saturated rings. The van der Waals surface area contributed by atoms with Gasteiger partial charge in [0, 0.05) is 30.2 Å². The maximum absolute atomic E-state index is 14.3. The molecule has 7 rings (SSSR count). The average molecular weight is 721 g/mol. The number of carbonyl (C=O) groups excluding carboxylic acids is 3. The predicted molar refractivity (Wildman–Crippen MR) is 201 cm³/mol. The molecule has 53 heavy (non-hydrogen) atoms. The van der Waals surface area contributed by atoms with Crippen LogP contribution in [0.2, 0.25) is 0 Å². The van der Waals surface area contributed by atoms with Gasteiger partial charge in [0.2, 0.25) is 0 Å². The Bertz CT molecular complexity index is 1840. The van der Waals surface area contributed by atoms with Crippen molar-refractivity contribution >= 4 is 29.1 Å². The minimum Gasteiger partial charge on any atom is -0.497 e. The number of nitrogens with one attached hydrogen (secondary N) is 2. The summed E-state index contributed by atoms with van der Waals surface area (Å²) in [4.78, 5) is 46.7. The van der Waals surface area contributed by atoms with Crippen LogP contribution in [-0.2, 0) is 32.2 Å². The van der Waals surface area contributed by atoms with Gasteiger partial charge in [-0.1, -0.05) is 66.7 Å². The van der Waals surface area contributed by atoms with Gasteiger partial charge in [-0.25, -0.2) is 14.4 Å². The zero-order valence-corrected chi connectivity index (χ0v) is 30.2. The number of carbonyl (C=O) groups is 3. The van der Waals surface area contributed by atoms with Crippen LogP contribution < -0.4 is 15.4 Å². The van der Waals surface area contributed by atoms with E-state index < -0.39 is 30.3 Å². The first-order chi connectivity index (χ1) is 25.9. The molecule has 2 amide bonds. The van der Waals surface area contributed by atoms with E-state index in [2.05, 4.69) is 27.1 Å². The van der Waals surface area contributed by atoms with E-state index in [1.807, 2.05) is 91.0 Å². The third-order valence-corrected chi connectivity index (χ3v) is 10.2. The molecule has 2 bridgehead atoms. The van der Waals surface area contributed by atoms with Crippen LogP contribution in [0.15, 0.2) is 104 Å². The van der Waals surface area contributed by atoms with Gasteiger partial charge in [-0.2, -0.15) is 0 Å². The van der Waals surface area contributed by atoms with Crippen molar-refractivity contribution in [1.82, 2.24) is 20.5 Å². The van der Waals surface area contributed by atoms with Crippen molar-refractivity contribution in [3.8, 4) is 5.75 Å². The molecule has 11 nitrogen and oxygen atoms in total. The molecule has 2 N–H and O–H groups in total. The molecule has 3 aliphatic rings. The molecule has 0 radical (unpaired) electrons. The largest absolute Gasteiger partial charge is 0.497 e.